The molecule has 0 aromatic heterocycles. The van der Waals surface area contributed by atoms with E-state index in [1.165, 1.54) is 0 Å². The van der Waals surface area contributed by atoms with Gasteiger partial charge in [0.1, 0.15) is 5.75 Å². The zero-order valence-electron chi connectivity index (χ0n) is 16.9. The number of carbonyl (C=O) groups excluding carboxylic acids is 1. The maximum absolute atomic E-state index is 13.5. The van der Waals surface area contributed by atoms with Gasteiger partial charge in [-0.1, -0.05) is 72.8 Å². The van der Waals surface area contributed by atoms with Crippen molar-refractivity contribution in [2.45, 2.75) is 0 Å². The molecule has 0 bridgehead atoms. The Hall–Kier alpha value is -4.41. The van der Waals surface area contributed by atoms with Crippen molar-refractivity contribution in [3.63, 3.8) is 0 Å². The molecule has 0 amide bonds. The summed E-state index contributed by atoms with van der Waals surface area (Å²) in [5.74, 6) is 0.418. The topological polar surface area (TPSA) is 73.9 Å². The highest BCUT2D eigenvalue weighted by Crippen LogP contribution is 2.52. The van der Waals surface area contributed by atoms with Gasteiger partial charge < -0.3 is 4.74 Å². The Morgan fingerprint density at radius 3 is 1.94 bits per heavy atom. The minimum Gasteiger partial charge on any atom is -0.497 e. The molecule has 0 fully saturated rings. The zero-order valence-corrected chi connectivity index (χ0v) is 16.9. The molecule has 0 N–H and O–H groups in total. The smallest absolute Gasteiger partial charge is 0.195 e. The Morgan fingerprint density at radius 2 is 1.39 bits per heavy atom. The van der Waals surface area contributed by atoms with Crippen molar-refractivity contribution < 1.29 is 9.53 Å². The molecule has 4 nitrogen and oxygen atoms in total. The molecule has 4 heteroatoms. The van der Waals surface area contributed by atoms with E-state index in [1.807, 2.05) is 36.4 Å². The summed E-state index contributed by atoms with van der Waals surface area (Å²) in [6, 6.07) is 29.6. The Kier molecular flexibility index (Phi) is 5.22. The molecule has 3 aromatic rings. The van der Waals surface area contributed by atoms with Gasteiger partial charge in [0.05, 0.1) is 19.2 Å². The summed E-state index contributed by atoms with van der Waals surface area (Å²) in [4.78, 5) is 13.5. The van der Waals surface area contributed by atoms with Crippen LogP contribution in [0.4, 0.5) is 0 Å². The van der Waals surface area contributed by atoms with Crippen molar-refractivity contribution in [2.24, 2.45) is 5.41 Å². The van der Waals surface area contributed by atoms with Crippen LogP contribution in [0.15, 0.2) is 96.6 Å². The number of benzene rings is 3. The lowest BCUT2D eigenvalue weighted by Gasteiger charge is -2.22. The summed E-state index contributed by atoms with van der Waals surface area (Å²) in [5.41, 5.74) is 1.49. The van der Waals surface area contributed by atoms with E-state index in [2.05, 4.69) is 12.1 Å². The van der Waals surface area contributed by atoms with Gasteiger partial charge in [-0.3, -0.25) is 4.79 Å². The summed E-state index contributed by atoms with van der Waals surface area (Å²) in [6.45, 7) is 0. The van der Waals surface area contributed by atoms with Crippen molar-refractivity contribution in [1.82, 2.24) is 0 Å². The predicted molar refractivity (Wildman–Crippen MR) is 119 cm³/mol. The number of rotatable bonds is 5. The highest BCUT2D eigenvalue weighted by molar-refractivity contribution is 6.21. The number of hydrogen-bond acceptors (Lipinski definition) is 4. The maximum Gasteiger partial charge on any atom is 0.195 e. The van der Waals surface area contributed by atoms with Gasteiger partial charge in [0, 0.05) is 16.7 Å². The largest absolute Gasteiger partial charge is 0.497 e. The van der Waals surface area contributed by atoms with E-state index >= 15 is 0 Å². The number of Topliss-reactive ketones (excluding diaryl/α,β-unsaturated/α-hetero) is 1. The van der Waals surface area contributed by atoms with Crippen LogP contribution in [0.1, 0.15) is 21.5 Å². The maximum atomic E-state index is 13.5. The van der Waals surface area contributed by atoms with Gasteiger partial charge in [0.2, 0.25) is 0 Å². The van der Waals surface area contributed by atoms with Crippen molar-refractivity contribution in [1.29, 1.82) is 10.5 Å². The second-order valence-corrected chi connectivity index (χ2v) is 7.11. The SMILES string of the molecule is COc1ccc(C2=C(C(=O)c3ccccc3)C=C(c3ccccc3)C2(C#N)C#N)cc1. The predicted octanol–water partition coefficient (Wildman–Crippen LogP) is 5.46. The molecule has 3 aromatic carbocycles. The van der Waals surface area contributed by atoms with Crippen LogP contribution < -0.4 is 4.74 Å². The average Bonchev–Trinajstić information content (AvgIpc) is 3.20. The van der Waals surface area contributed by atoms with Crippen molar-refractivity contribution >= 4 is 16.9 Å². The Balaban J connectivity index is 2.00. The molecule has 0 saturated heterocycles. The summed E-state index contributed by atoms with van der Waals surface area (Å²) in [5, 5.41) is 20.5. The van der Waals surface area contributed by atoms with Crippen LogP contribution in [0, 0.1) is 28.1 Å². The van der Waals surface area contributed by atoms with Crippen molar-refractivity contribution in [3.8, 4) is 17.9 Å². The van der Waals surface area contributed by atoms with Gasteiger partial charge in [-0.25, -0.2) is 0 Å². The third kappa shape index (κ3) is 3.31. The number of methoxy groups -OCH3 is 1. The van der Waals surface area contributed by atoms with E-state index < -0.39 is 5.41 Å². The Labute approximate surface area is 181 Å². The summed E-state index contributed by atoms with van der Waals surface area (Å²) >= 11 is 0. The fourth-order valence-electron chi connectivity index (χ4n) is 3.89. The third-order valence-corrected chi connectivity index (χ3v) is 5.42. The van der Waals surface area contributed by atoms with Gasteiger partial charge >= 0.3 is 0 Å². The van der Waals surface area contributed by atoms with Crippen LogP contribution in [0.25, 0.3) is 11.1 Å². The molecular weight excluding hydrogens is 384 g/mol. The summed E-state index contributed by atoms with van der Waals surface area (Å²) in [6.07, 6.45) is 1.69. The molecule has 0 saturated carbocycles. The molecule has 148 valence electrons. The van der Waals surface area contributed by atoms with Gasteiger partial charge in [-0.15, -0.1) is 0 Å². The molecular formula is C27H18N2O2. The lowest BCUT2D eigenvalue weighted by molar-refractivity contribution is 0.103. The first kappa shape index (κ1) is 19.9. The van der Waals surface area contributed by atoms with Crippen LogP contribution in [0.2, 0.25) is 0 Å². The van der Waals surface area contributed by atoms with E-state index in [-0.39, 0.29) is 5.78 Å². The molecule has 0 atom stereocenters. The Bertz CT molecular complexity index is 1260. The first-order valence-corrected chi connectivity index (χ1v) is 9.73. The van der Waals surface area contributed by atoms with Gasteiger partial charge in [0.25, 0.3) is 0 Å². The van der Waals surface area contributed by atoms with Crippen LogP contribution >= 0.6 is 0 Å². The molecule has 31 heavy (non-hydrogen) atoms. The number of nitrogens with zero attached hydrogens (tertiary/aromatic N) is 2. The minimum absolute atomic E-state index is 0.229. The van der Waals surface area contributed by atoms with Crippen LogP contribution in [0.3, 0.4) is 0 Å². The number of carbonyl (C=O) groups is 1. The number of allylic oxidation sites excluding steroid dienone is 4. The van der Waals surface area contributed by atoms with Crippen molar-refractivity contribution in [2.75, 3.05) is 7.11 Å². The number of hydrogen-bond donors (Lipinski definition) is 0. The van der Waals surface area contributed by atoms with Gasteiger partial charge in [0.15, 0.2) is 11.2 Å². The fourth-order valence-corrected chi connectivity index (χ4v) is 3.89. The highest BCUT2D eigenvalue weighted by Gasteiger charge is 2.47. The minimum atomic E-state index is -1.62. The molecule has 0 heterocycles. The fraction of sp³-hybridized carbons (Fsp3) is 0.0741. The number of nitriles is 2. The van der Waals surface area contributed by atoms with E-state index in [0.717, 1.165) is 5.56 Å². The van der Waals surface area contributed by atoms with E-state index in [0.29, 0.717) is 33.6 Å². The summed E-state index contributed by atoms with van der Waals surface area (Å²) in [7, 11) is 1.57. The molecule has 4 rings (SSSR count). The highest BCUT2D eigenvalue weighted by atomic mass is 16.5. The second kappa shape index (κ2) is 8.14. The molecule has 1 aliphatic carbocycles. The molecule has 0 spiro atoms. The monoisotopic (exact) mass is 402 g/mol. The third-order valence-electron chi connectivity index (χ3n) is 5.42. The van der Waals surface area contributed by atoms with Gasteiger partial charge in [-0.05, 0) is 34.9 Å². The van der Waals surface area contributed by atoms with E-state index in [9.17, 15) is 15.3 Å². The number of ether oxygens (including phenoxy) is 1. The van der Waals surface area contributed by atoms with Gasteiger partial charge in [-0.2, -0.15) is 10.5 Å². The summed E-state index contributed by atoms with van der Waals surface area (Å²) < 4.78 is 5.24. The lowest BCUT2D eigenvalue weighted by Crippen LogP contribution is -2.19. The lowest BCUT2D eigenvalue weighted by atomic mass is 9.73. The first-order valence-electron chi connectivity index (χ1n) is 9.73. The zero-order chi connectivity index (χ0) is 21.8. The molecule has 0 unspecified atom stereocenters. The number of ketones is 1. The average molecular weight is 402 g/mol. The molecule has 0 aliphatic heterocycles. The van der Waals surface area contributed by atoms with E-state index in [1.54, 1.807) is 61.7 Å². The van der Waals surface area contributed by atoms with E-state index in [4.69, 9.17) is 4.74 Å². The molecule has 0 radical (unpaired) electrons. The first-order chi connectivity index (χ1) is 15.1. The standard InChI is InChI=1S/C27H18N2O2/c1-31-22-14-12-20(13-15-22)25-23(26(30)21-10-6-3-7-11-21)16-24(27(25,17-28)18-29)19-8-4-2-5-9-19/h2-16H,1H3. The molecule has 1 aliphatic rings. The van der Waals surface area contributed by atoms with Crippen molar-refractivity contribution in [3.05, 3.63) is 113 Å². The van der Waals surface area contributed by atoms with Crippen LogP contribution in [-0.2, 0) is 0 Å². The normalized spacial score (nSPS) is 14.4. The van der Waals surface area contributed by atoms with Crippen LogP contribution in [-0.4, -0.2) is 12.9 Å². The Morgan fingerprint density at radius 1 is 0.806 bits per heavy atom. The second-order valence-electron chi connectivity index (χ2n) is 7.11. The van der Waals surface area contributed by atoms with Crippen LogP contribution in [0.5, 0.6) is 5.75 Å². The quantitative estimate of drug-likeness (QED) is 0.531.